The van der Waals surface area contributed by atoms with E-state index in [0.717, 1.165) is 12.8 Å². The molecule has 114 valence electrons. The predicted molar refractivity (Wildman–Crippen MR) is 72.5 cm³/mol. The molecule has 4 saturated heterocycles. The summed E-state index contributed by atoms with van der Waals surface area (Å²) in [4.78, 5) is 11.8. The summed E-state index contributed by atoms with van der Waals surface area (Å²) in [5.41, 5.74) is -0.389. The average molecular weight is 282 g/mol. The molecule has 4 heterocycles. The van der Waals surface area contributed by atoms with Crippen molar-refractivity contribution in [3.8, 4) is 0 Å². The Labute approximate surface area is 121 Å². The van der Waals surface area contributed by atoms with Gasteiger partial charge in [0.1, 0.15) is 0 Å². The van der Waals surface area contributed by atoms with Crippen LogP contribution in [0.5, 0.6) is 0 Å². The Morgan fingerprint density at radius 3 is 2.55 bits per heavy atom. The van der Waals surface area contributed by atoms with E-state index in [-0.39, 0.29) is 18.0 Å². The quantitative estimate of drug-likeness (QED) is 0.639. The zero-order valence-electron chi connectivity index (χ0n) is 12.9. The van der Waals surface area contributed by atoms with Gasteiger partial charge in [-0.15, -0.1) is 0 Å². The van der Waals surface area contributed by atoms with Crippen LogP contribution in [0.2, 0.25) is 0 Å². The molecular weight excluding hydrogens is 256 g/mol. The molecule has 1 spiro atoms. The maximum Gasteiger partial charge on any atom is 0.201 e. The number of ether oxygens (including phenoxy) is 2. The van der Waals surface area contributed by atoms with E-state index < -0.39 is 5.79 Å². The number of fused-ring (bicyclic) bond motifs is 2. The Morgan fingerprint density at radius 2 is 1.75 bits per heavy atom. The average Bonchev–Trinajstić information content (AvgIpc) is 2.63. The molecule has 1 aliphatic carbocycles. The van der Waals surface area contributed by atoms with E-state index in [0.29, 0.717) is 23.7 Å². The molecule has 4 aliphatic heterocycles. The summed E-state index contributed by atoms with van der Waals surface area (Å²) in [6, 6.07) is 0. The zero-order chi connectivity index (χ0) is 14.1. The summed E-state index contributed by atoms with van der Waals surface area (Å²) >= 11 is 0. The van der Waals surface area contributed by atoms with Gasteiger partial charge in [-0.2, -0.15) is 0 Å². The largest absolute Gasteiger partial charge is 0.346 e. The second-order valence-corrected chi connectivity index (χ2v) is 7.61. The lowest BCUT2D eigenvalue weighted by Crippen LogP contribution is -2.70. The highest BCUT2D eigenvalue weighted by Crippen LogP contribution is 2.60. The van der Waals surface area contributed by atoms with Gasteiger partial charge in [0, 0.05) is 12.3 Å². The molecule has 0 N–H and O–H groups in total. The van der Waals surface area contributed by atoms with Gasteiger partial charge >= 0.3 is 0 Å². The van der Waals surface area contributed by atoms with Crippen LogP contribution < -0.4 is 0 Å². The molecule has 20 heavy (non-hydrogen) atoms. The topological polar surface area (TPSA) is 36.9 Å². The molecule has 5 unspecified atom stereocenters. The van der Waals surface area contributed by atoms with Crippen LogP contribution in [-0.4, -0.2) is 23.8 Å². The van der Waals surface area contributed by atoms with Crippen molar-refractivity contribution in [1.29, 1.82) is 0 Å². The minimum atomic E-state index is -0.641. The first-order valence-electron chi connectivity index (χ1n) is 8.16. The van der Waals surface area contributed by atoms with E-state index in [9.17, 15) is 0 Å². The van der Waals surface area contributed by atoms with Crippen molar-refractivity contribution in [3.05, 3.63) is 0 Å². The lowest BCUT2D eigenvalue weighted by molar-refractivity contribution is -0.570. The zero-order valence-corrected chi connectivity index (χ0v) is 12.9. The van der Waals surface area contributed by atoms with Crippen molar-refractivity contribution in [2.45, 2.75) is 77.2 Å². The van der Waals surface area contributed by atoms with Gasteiger partial charge in [0.2, 0.25) is 5.79 Å². The summed E-state index contributed by atoms with van der Waals surface area (Å²) in [5, 5.41) is 0. The normalized spacial score (nSPS) is 61.8. The molecule has 5 rings (SSSR count). The number of rotatable bonds is 0. The van der Waals surface area contributed by atoms with Gasteiger partial charge in [0.25, 0.3) is 0 Å². The molecule has 0 amide bonds. The second-order valence-electron chi connectivity index (χ2n) is 7.61. The summed E-state index contributed by atoms with van der Waals surface area (Å²) in [7, 11) is 0. The van der Waals surface area contributed by atoms with Gasteiger partial charge < -0.3 is 9.47 Å². The monoisotopic (exact) mass is 282 g/mol. The SMILES string of the molecule is CC1CCC2[C@@H](C)C(C)OC3O[C@@]4(C)CCC1[C@]32OO4. The molecule has 2 bridgehead atoms. The Hall–Kier alpha value is -0.160. The van der Waals surface area contributed by atoms with Gasteiger partial charge in [-0.25, -0.2) is 9.78 Å². The van der Waals surface area contributed by atoms with Crippen LogP contribution >= 0.6 is 0 Å². The van der Waals surface area contributed by atoms with Crippen LogP contribution in [-0.2, 0) is 19.2 Å². The van der Waals surface area contributed by atoms with E-state index >= 15 is 0 Å². The molecule has 1 saturated carbocycles. The van der Waals surface area contributed by atoms with Gasteiger partial charge in [0.15, 0.2) is 11.9 Å². The molecule has 5 aliphatic rings. The first kappa shape index (κ1) is 13.5. The van der Waals surface area contributed by atoms with Crippen molar-refractivity contribution >= 4 is 0 Å². The summed E-state index contributed by atoms with van der Waals surface area (Å²) < 4.78 is 12.5. The minimum Gasteiger partial charge on any atom is -0.346 e. The van der Waals surface area contributed by atoms with E-state index in [1.165, 1.54) is 12.8 Å². The van der Waals surface area contributed by atoms with Gasteiger partial charge in [0.05, 0.1) is 6.10 Å². The first-order valence-corrected chi connectivity index (χ1v) is 8.16. The molecule has 0 aromatic heterocycles. The Bertz CT molecular complexity index is 409. The summed E-state index contributed by atoms with van der Waals surface area (Å²) in [6.45, 7) is 8.77. The van der Waals surface area contributed by atoms with Crippen molar-refractivity contribution in [3.63, 3.8) is 0 Å². The van der Waals surface area contributed by atoms with Gasteiger partial charge in [-0.1, -0.05) is 13.8 Å². The third-order valence-corrected chi connectivity index (χ3v) is 6.49. The minimum absolute atomic E-state index is 0.219. The fraction of sp³-hybridized carbons (Fsp3) is 1.00. The van der Waals surface area contributed by atoms with Crippen LogP contribution in [0.3, 0.4) is 0 Å². The lowest BCUT2D eigenvalue weighted by atomic mass is 9.57. The maximum absolute atomic E-state index is 6.23. The molecule has 5 fully saturated rings. The van der Waals surface area contributed by atoms with Crippen molar-refractivity contribution in [2.24, 2.45) is 23.7 Å². The van der Waals surface area contributed by atoms with Crippen molar-refractivity contribution < 1.29 is 19.2 Å². The maximum atomic E-state index is 6.23. The number of hydrogen-bond donors (Lipinski definition) is 0. The van der Waals surface area contributed by atoms with E-state index in [4.69, 9.17) is 19.2 Å². The first-order chi connectivity index (χ1) is 9.46. The fourth-order valence-corrected chi connectivity index (χ4v) is 5.08. The molecular formula is C16H26O4. The Morgan fingerprint density at radius 1 is 0.950 bits per heavy atom. The molecule has 0 aromatic carbocycles. The Kier molecular flexibility index (Phi) is 2.83. The van der Waals surface area contributed by atoms with Crippen LogP contribution in [0.25, 0.3) is 0 Å². The highest BCUT2D eigenvalue weighted by molar-refractivity contribution is 5.09. The lowest BCUT2D eigenvalue weighted by Gasteiger charge is -2.60. The van der Waals surface area contributed by atoms with E-state index in [1.54, 1.807) is 0 Å². The molecule has 4 heteroatoms. The molecule has 0 aromatic rings. The van der Waals surface area contributed by atoms with Crippen LogP contribution in [0.15, 0.2) is 0 Å². The molecule has 8 atom stereocenters. The fourth-order valence-electron chi connectivity index (χ4n) is 5.08. The Balaban J connectivity index is 1.82. The standard InChI is InChI=1S/C16H26O4/c1-9-5-6-13-10(2)11(3)17-14-16(13)12(9)7-8-15(4,18-14)19-20-16/h9-14H,5-8H2,1-4H3/t9?,10-,11?,12?,13?,14?,15+,16+/m0/s1. The van der Waals surface area contributed by atoms with Crippen LogP contribution in [0, 0.1) is 23.7 Å². The second kappa shape index (κ2) is 4.19. The third kappa shape index (κ3) is 1.57. The van der Waals surface area contributed by atoms with Crippen LogP contribution in [0.4, 0.5) is 0 Å². The molecule has 0 radical (unpaired) electrons. The highest BCUT2D eigenvalue weighted by atomic mass is 17.3. The summed E-state index contributed by atoms with van der Waals surface area (Å²) in [5.74, 6) is 1.44. The third-order valence-electron chi connectivity index (χ3n) is 6.49. The van der Waals surface area contributed by atoms with Crippen molar-refractivity contribution in [1.82, 2.24) is 0 Å². The highest BCUT2D eigenvalue weighted by Gasteiger charge is 2.68. The predicted octanol–water partition coefficient (Wildman–Crippen LogP) is 3.26. The molecule has 4 nitrogen and oxygen atoms in total. The number of hydrogen-bond acceptors (Lipinski definition) is 4. The smallest absolute Gasteiger partial charge is 0.201 e. The van der Waals surface area contributed by atoms with E-state index in [2.05, 4.69) is 20.8 Å². The van der Waals surface area contributed by atoms with Crippen molar-refractivity contribution in [2.75, 3.05) is 0 Å². The van der Waals surface area contributed by atoms with Crippen LogP contribution in [0.1, 0.15) is 53.4 Å². The van der Waals surface area contributed by atoms with Gasteiger partial charge in [-0.05, 0) is 50.9 Å². The van der Waals surface area contributed by atoms with Gasteiger partial charge in [-0.3, -0.25) is 0 Å². The summed E-state index contributed by atoms with van der Waals surface area (Å²) in [6.07, 6.45) is 4.41. The van der Waals surface area contributed by atoms with E-state index in [1.807, 2.05) is 6.92 Å².